The molecular weight excluding hydrogens is 377 g/mol. The monoisotopic (exact) mass is 405 g/mol. The molecule has 158 valence electrons. The number of carbonyl (C=O) groups excluding carboxylic acids is 1. The lowest BCUT2D eigenvalue weighted by atomic mass is 10.0. The van der Waals surface area contributed by atoms with E-state index < -0.39 is 18.4 Å². The summed E-state index contributed by atoms with van der Waals surface area (Å²) in [7, 11) is 1.32. The van der Waals surface area contributed by atoms with Crippen molar-refractivity contribution in [2.45, 2.75) is 52.0 Å². The van der Waals surface area contributed by atoms with Crippen LogP contribution in [0.2, 0.25) is 0 Å². The van der Waals surface area contributed by atoms with Gasteiger partial charge in [0, 0.05) is 18.4 Å². The van der Waals surface area contributed by atoms with E-state index in [-0.39, 0.29) is 5.92 Å². The van der Waals surface area contributed by atoms with E-state index in [4.69, 9.17) is 18.6 Å². The molecule has 0 amide bonds. The first-order chi connectivity index (χ1) is 13.9. The molecule has 1 fully saturated rings. The molecule has 0 N–H and O–H groups in total. The number of halogens is 1. The number of hydrogen-bond donors (Lipinski definition) is 0. The van der Waals surface area contributed by atoms with Gasteiger partial charge in [-0.2, -0.15) is 0 Å². The minimum Gasteiger partial charge on any atom is -0.465 e. The largest absolute Gasteiger partial charge is 0.465 e. The number of ether oxygens (including phenoxy) is 3. The molecule has 0 radical (unpaired) electrons. The summed E-state index contributed by atoms with van der Waals surface area (Å²) < 4.78 is 34.3. The molecule has 0 saturated carbocycles. The fourth-order valence-electron chi connectivity index (χ4n) is 3.36. The molecule has 6 nitrogen and oxygen atoms in total. The number of benzene rings is 1. The Kier molecular flexibility index (Phi) is 7.03. The molecule has 1 aliphatic heterocycles. The molecule has 1 aromatic carbocycles. The van der Waals surface area contributed by atoms with E-state index in [1.807, 2.05) is 19.1 Å². The molecule has 2 heterocycles. The average Bonchev–Trinajstić information content (AvgIpc) is 3.12. The van der Waals surface area contributed by atoms with Gasteiger partial charge in [0.2, 0.25) is 5.89 Å². The third-order valence-corrected chi connectivity index (χ3v) is 5.27. The summed E-state index contributed by atoms with van der Waals surface area (Å²) >= 11 is 0. The molecule has 7 heteroatoms. The van der Waals surface area contributed by atoms with Crippen molar-refractivity contribution in [2.75, 3.05) is 20.3 Å². The molecular formula is C22H28FNO5. The van der Waals surface area contributed by atoms with Gasteiger partial charge < -0.3 is 18.6 Å². The maximum atomic E-state index is 12.6. The molecule has 0 unspecified atom stereocenters. The zero-order valence-electron chi connectivity index (χ0n) is 17.2. The second-order valence-electron chi connectivity index (χ2n) is 7.52. The van der Waals surface area contributed by atoms with Gasteiger partial charge in [0.15, 0.2) is 0 Å². The van der Waals surface area contributed by atoms with Gasteiger partial charge in [0.05, 0.1) is 26.0 Å². The molecule has 29 heavy (non-hydrogen) atoms. The van der Waals surface area contributed by atoms with Crippen LogP contribution in [0, 0.1) is 12.8 Å². The summed E-state index contributed by atoms with van der Waals surface area (Å²) in [5.74, 6) is -0.155. The van der Waals surface area contributed by atoms with E-state index >= 15 is 0 Å². The molecule has 1 saturated heterocycles. The fourth-order valence-corrected chi connectivity index (χ4v) is 3.36. The molecule has 0 atom stereocenters. The van der Waals surface area contributed by atoms with Gasteiger partial charge in [-0.05, 0) is 43.9 Å². The van der Waals surface area contributed by atoms with Gasteiger partial charge >= 0.3 is 5.97 Å². The van der Waals surface area contributed by atoms with Crippen LogP contribution in [0.4, 0.5) is 4.39 Å². The normalized spacial score (nSPS) is 21.9. The Morgan fingerprint density at radius 2 is 1.93 bits per heavy atom. The lowest BCUT2D eigenvalue weighted by Gasteiger charge is -2.35. The van der Waals surface area contributed by atoms with E-state index in [2.05, 4.69) is 4.98 Å². The number of esters is 1. The van der Waals surface area contributed by atoms with Crippen LogP contribution in [-0.4, -0.2) is 37.1 Å². The van der Waals surface area contributed by atoms with Crippen LogP contribution in [0.3, 0.4) is 0 Å². The van der Waals surface area contributed by atoms with Crippen LogP contribution < -0.4 is 0 Å². The van der Waals surface area contributed by atoms with Crippen LogP contribution >= 0.6 is 0 Å². The average molecular weight is 405 g/mol. The Hall–Kier alpha value is -2.25. The summed E-state index contributed by atoms with van der Waals surface area (Å²) in [5.41, 5.74) is 2.44. The number of aromatic nitrogens is 1. The molecule has 0 spiro atoms. The van der Waals surface area contributed by atoms with Crippen molar-refractivity contribution < 1.29 is 27.8 Å². The van der Waals surface area contributed by atoms with Gasteiger partial charge in [-0.1, -0.05) is 18.6 Å². The van der Waals surface area contributed by atoms with E-state index in [0.717, 1.165) is 42.7 Å². The first-order valence-corrected chi connectivity index (χ1v) is 9.93. The Bertz CT molecular complexity index is 809. The maximum absolute atomic E-state index is 12.6. The topological polar surface area (TPSA) is 70.8 Å². The molecule has 3 rings (SSSR count). The van der Waals surface area contributed by atoms with Crippen molar-refractivity contribution in [3.8, 4) is 11.5 Å². The van der Waals surface area contributed by atoms with Crippen LogP contribution in [0.25, 0.3) is 11.5 Å². The van der Waals surface area contributed by atoms with Crippen LogP contribution in [0.15, 0.2) is 28.7 Å². The summed E-state index contributed by atoms with van der Waals surface area (Å²) in [4.78, 5) is 16.3. The SMILES string of the molecule is COC(=O)[C@]1(C)OC[C@H](CCCCc2nc(-c3ccc(CF)cc3)oc2C)CO1. The van der Waals surface area contributed by atoms with Crippen molar-refractivity contribution in [3.05, 3.63) is 41.3 Å². The highest BCUT2D eigenvalue weighted by atomic mass is 19.1. The number of oxazole rings is 1. The van der Waals surface area contributed by atoms with Gasteiger partial charge in [0.1, 0.15) is 12.4 Å². The van der Waals surface area contributed by atoms with Gasteiger partial charge in [-0.15, -0.1) is 0 Å². The number of nitrogens with zero attached hydrogens (tertiary/aromatic N) is 1. The van der Waals surface area contributed by atoms with Crippen molar-refractivity contribution in [3.63, 3.8) is 0 Å². The molecule has 0 bridgehead atoms. The zero-order chi connectivity index (χ0) is 20.9. The summed E-state index contributed by atoms with van der Waals surface area (Å²) in [6, 6.07) is 7.15. The number of carbonyl (C=O) groups is 1. The number of alkyl halides is 1. The molecule has 1 aromatic heterocycles. The third-order valence-electron chi connectivity index (χ3n) is 5.27. The molecule has 0 aliphatic carbocycles. The standard InChI is InChI=1S/C22H28FNO5/c1-15-19(24-20(29-15)18-10-8-16(12-23)9-11-18)7-5-4-6-17-13-27-22(2,28-14-17)21(25)26-3/h8-11,17H,4-7,12-14H2,1-3H3/t17-,22+. The quantitative estimate of drug-likeness (QED) is 0.479. The molecule has 1 aliphatic rings. The van der Waals surface area contributed by atoms with Crippen LogP contribution in [0.1, 0.15) is 43.2 Å². The van der Waals surface area contributed by atoms with Crippen molar-refractivity contribution >= 4 is 5.97 Å². The predicted molar refractivity (Wildman–Crippen MR) is 105 cm³/mol. The second kappa shape index (κ2) is 9.50. The van der Waals surface area contributed by atoms with Gasteiger partial charge in [-0.3, -0.25) is 0 Å². The Labute approximate surface area is 170 Å². The number of aryl methyl sites for hydroxylation is 2. The zero-order valence-corrected chi connectivity index (χ0v) is 17.2. The van der Waals surface area contributed by atoms with Gasteiger partial charge in [-0.25, -0.2) is 14.2 Å². The smallest absolute Gasteiger partial charge is 0.366 e. The lowest BCUT2D eigenvalue weighted by molar-refractivity contribution is -0.272. The Balaban J connectivity index is 1.44. The Morgan fingerprint density at radius 1 is 1.24 bits per heavy atom. The van der Waals surface area contributed by atoms with Crippen molar-refractivity contribution in [2.24, 2.45) is 5.92 Å². The highest BCUT2D eigenvalue weighted by Crippen LogP contribution is 2.27. The Morgan fingerprint density at radius 3 is 2.55 bits per heavy atom. The predicted octanol–water partition coefficient (Wildman–Crippen LogP) is 4.38. The van der Waals surface area contributed by atoms with Crippen LogP contribution in [0.5, 0.6) is 0 Å². The summed E-state index contributed by atoms with van der Waals surface area (Å²) in [6.45, 7) is 3.99. The maximum Gasteiger partial charge on any atom is 0.366 e. The lowest BCUT2D eigenvalue weighted by Crippen LogP contribution is -2.48. The summed E-state index contributed by atoms with van der Waals surface area (Å²) in [5, 5.41) is 0. The van der Waals surface area contributed by atoms with Crippen molar-refractivity contribution in [1.82, 2.24) is 4.98 Å². The van der Waals surface area contributed by atoms with E-state index in [9.17, 15) is 9.18 Å². The highest BCUT2D eigenvalue weighted by molar-refractivity contribution is 5.77. The highest BCUT2D eigenvalue weighted by Gasteiger charge is 2.41. The third kappa shape index (κ3) is 5.22. The number of rotatable bonds is 8. The second-order valence-corrected chi connectivity index (χ2v) is 7.52. The number of methoxy groups -OCH3 is 1. The molecule has 2 aromatic rings. The van der Waals surface area contributed by atoms with Crippen LogP contribution in [-0.2, 0) is 32.1 Å². The first-order valence-electron chi connectivity index (χ1n) is 9.93. The van der Waals surface area contributed by atoms with E-state index in [1.54, 1.807) is 19.1 Å². The fraction of sp³-hybridized carbons (Fsp3) is 0.545. The number of unbranched alkanes of at least 4 members (excludes halogenated alkanes) is 1. The van der Waals surface area contributed by atoms with Crippen molar-refractivity contribution in [1.29, 1.82) is 0 Å². The van der Waals surface area contributed by atoms with E-state index in [0.29, 0.717) is 24.7 Å². The number of hydrogen-bond acceptors (Lipinski definition) is 6. The minimum atomic E-state index is -1.29. The van der Waals surface area contributed by atoms with Gasteiger partial charge in [0.25, 0.3) is 5.79 Å². The summed E-state index contributed by atoms with van der Waals surface area (Å²) in [6.07, 6.45) is 3.75. The minimum absolute atomic E-state index is 0.260. The van der Waals surface area contributed by atoms with E-state index in [1.165, 1.54) is 7.11 Å². The first kappa shape index (κ1) is 21.5.